The summed E-state index contributed by atoms with van der Waals surface area (Å²) >= 11 is 0. The minimum absolute atomic E-state index is 0.0225. The number of amides is 2. The molecule has 2 N–H and O–H groups in total. The van der Waals surface area contributed by atoms with Crippen LogP contribution in [-0.4, -0.2) is 71.4 Å². The largest absolute Gasteiger partial charge is 0.495 e. The monoisotopic (exact) mass is 612 g/mol. The Bertz CT molecular complexity index is 1540. The molecule has 2 aliphatic rings. The van der Waals surface area contributed by atoms with Crippen LogP contribution in [0.2, 0.25) is 0 Å². The number of nitrogens with one attached hydrogen (secondary N) is 2. The second-order valence-electron chi connectivity index (χ2n) is 11.0. The number of rotatable bonds is 9. The van der Waals surface area contributed by atoms with Crippen molar-refractivity contribution >= 4 is 23.5 Å². The van der Waals surface area contributed by atoms with Crippen molar-refractivity contribution in [3.8, 4) is 17.4 Å². The number of carbonyl (C=O) groups is 2. The van der Waals surface area contributed by atoms with E-state index in [1.54, 1.807) is 29.2 Å². The van der Waals surface area contributed by atoms with E-state index in [1.807, 2.05) is 20.9 Å². The molecule has 10 nitrogen and oxygen atoms in total. The van der Waals surface area contributed by atoms with E-state index in [4.69, 9.17) is 9.47 Å². The summed E-state index contributed by atoms with van der Waals surface area (Å²) in [6.45, 7) is 6.11. The van der Waals surface area contributed by atoms with Gasteiger partial charge in [-0.15, -0.1) is 0 Å². The van der Waals surface area contributed by atoms with Crippen molar-refractivity contribution in [3.05, 3.63) is 64.8 Å². The van der Waals surface area contributed by atoms with Gasteiger partial charge in [0.05, 0.1) is 24.4 Å². The van der Waals surface area contributed by atoms with Gasteiger partial charge in [-0.05, 0) is 76.2 Å². The Kier molecular flexibility index (Phi) is 8.95. The van der Waals surface area contributed by atoms with Crippen molar-refractivity contribution in [3.63, 3.8) is 0 Å². The number of hydrogen-bond acceptors (Lipinski definition) is 8. The van der Waals surface area contributed by atoms with Crippen LogP contribution in [-0.2, 0) is 6.18 Å². The summed E-state index contributed by atoms with van der Waals surface area (Å²) in [5.41, 5.74) is 0.390. The molecule has 1 fully saturated rings. The van der Waals surface area contributed by atoms with Gasteiger partial charge in [0, 0.05) is 24.3 Å². The SMILES string of the molecule is CCCN1C(=O)c2c(Oc3nc(Nc4ccc(C(=O)NC5CCN(C)CC5)cc4OC)ncc3C(F)(F)F)cccc2[C@H]1C. The molecule has 2 aliphatic heterocycles. The van der Waals surface area contributed by atoms with Gasteiger partial charge in [0.1, 0.15) is 17.1 Å². The Balaban J connectivity index is 1.40. The highest BCUT2D eigenvalue weighted by molar-refractivity contribution is 6.01. The van der Waals surface area contributed by atoms with E-state index < -0.39 is 17.6 Å². The molecule has 0 unspecified atom stereocenters. The van der Waals surface area contributed by atoms with Gasteiger partial charge in [0.25, 0.3) is 11.8 Å². The summed E-state index contributed by atoms with van der Waals surface area (Å²) in [7, 11) is 3.46. The van der Waals surface area contributed by atoms with E-state index in [1.165, 1.54) is 19.2 Å². The fraction of sp³-hybridized carbons (Fsp3) is 0.419. The minimum Gasteiger partial charge on any atom is -0.495 e. The van der Waals surface area contributed by atoms with Crippen molar-refractivity contribution in [2.24, 2.45) is 0 Å². The van der Waals surface area contributed by atoms with Crippen LogP contribution in [0.4, 0.5) is 24.8 Å². The van der Waals surface area contributed by atoms with Crippen LogP contribution in [0.1, 0.15) is 71.0 Å². The topological polar surface area (TPSA) is 109 Å². The van der Waals surface area contributed by atoms with Crippen LogP contribution in [0.15, 0.2) is 42.6 Å². The molecule has 0 spiro atoms. The zero-order valence-electron chi connectivity index (χ0n) is 25.0. The van der Waals surface area contributed by atoms with E-state index in [2.05, 4.69) is 25.5 Å². The quantitative estimate of drug-likeness (QED) is 0.313. The van der Waals surface area contributed by atoms with Crippen molar-refractivity contribution in [2.75, 3.05) is 39.1 Å². The molecule has 2 aromatic carbocycles. The highest BCUT2D eigenvalue weighted by Gasteiger charge is 2.39. The van der Waals surface area contributed by atoms with Crippen LogP contribution in [0.3, 0.4) is 0 Å². The number of benzene rings is 2. The lowest BCUT2D eigenvalue weighted by Crippen LogP contribution is -2.43. The number of hydrogen-bond donors (Lipinski definition) is 2. The number of halogens is 3. The first-order valence-electron chi connectivity index (χ1n) is 14.5. The Morgan fingerprint density at radius 1 is 1.14 bits per heavy atom. The molecule has 1 atom stereocenters. The number of aromatic nitrogens is 2. The van der Waals surface area contributed by atoms with Crippen LogP contribution >= 0.6 is 0 Å². The van der Waals surface area contributed by atoms with Crippen molar-refractivity contribution in [1.29, 1.82) is 0 Å². The Morgan fingerprint density at radius 3 is 2.57 bits per heavy atom. The van der Waals surface area contributed by atoms with Gasteiger partial charge >= 0.3 is 6.18 Å². The summed E-state index contributed by atoms with van der Waals surface area (Å²) in [4.78, 5) is 37.9. The molecule has 44 heavy (non-hydrogen) atoms. The maximum atomic E-state index is 14.0. The van der Waals surface area contributed by atoms with Gasteiger partial charge < -0.3 is 29.9 Å². The third-order valence-corrected chi connectivity index (χ3v) is 7.95. The number of alkyl halides is 3. The smallest absolute Gasteiger partial charge is 0.423 e. The van der Waals surface area contributed by atoms with Gasteiger partial charge in [0.15, 0.2) is 0 Å². The van der Waals surface area contributed by atoms with E-state index in [-0.39, 0.29) is 46.9 Å². The third kappa shape index (κ3) is 6.42. The Labute approximate surface area is 253 Å². The Hall–Kier alpha value is -4.39. The fourth-order valence-corrected chi connectivity index (χ4v) is 5.51. The number of carbonyl (C=O) groups excluding carboxylic acids is 2. The molecular formula is C31H35F3N6O4. The van der Waals surface area contributed by atoms with E-state index in [0.29, 0.717) is 29.6 Å². The molecule has 3 heterocycles. The second kappa shape index (κ2) is 12.7. The van der Waals surface area contributed by atoms with Crippen molar-refractivity contribution in [1.82, 2.24) is 25.1 Å². The molecule has 1 saturated heterocycles. The number of likely N-dealkylation sites (tertiary alicyclic amines) is 1. The lowest BCUT2D eigenvalue weighted by Gasteiger charge is -2.29. The molecular weight excluding hydrogens is 577 g/mol. The van der Waals surface area contributed by atoms with Crippen LogP contribution in [0.25, 0.3) is 0 Å². The minimum atomic E-state index is -4.82. The molecule has 0 saturated carbocycles. The highest BCUT2D eigenvalue weighted by Crippen LogP contribution is 2.42. The number of methoxy groups -OCH3 is 1. The summed E-state index contributed by atoms with van der Waals surface area (Å²) < 4.78 is 53.2. The number of nitrogens with zero attached hydrogens (tertiary/aromatic N) is 4. The zero-order chi connectivity index (χ0) is 31.6. The average Bonchev–Trinajstić information content (AvgIpc) is 3.23. The van der Waals surface area contributed by atoms with Crippen molar-refractivity contribution in [2.45, 2.75) is 51.4 Å². The molecule has 13 heteroatoms. The lowest BCUT2D eigenvalue weighted by atomic mass is 10.0. The summed E-state index contributed by atoms with van der Waals surface area (Å²) in [6, 6.07) is 9.36. The molecule has 0 radical (unpaired) electrons. The average molecular weight is 613 g/mol. The molecule has 3 aromatic rings. The first-order chi connectivity index (χ1) is 21.0. The molecule has 0 bridgehead atoms. The molecule has 5 rings (SSSR count). The fourth-order valence-electron chi connectivity index (χ4n) is 5.51. The van der Waals surface area contributed by atoms with E-state index in [9.17, 15) is 22.8 Å². The van der Waals surface area contributed by atoms with Crippen LogP contribution in [0.5, 0.6) is 17.4 Å². The van der Waals surface area contributed by atoms with E-state index in [0.717, 1.165) is 32.4 Å². The Morgan fingerprint density at radius 2 is 1.89 bits per heavy atom. The molecule has 2 amide bonds. The number of piperidine rings is 1. The first kappa shape index (κ1) is 31.0. The van der Waals surface area contributed by atoms with Gasteiger partial charge in [-0.1, -0.05) is 19.1 Å². The summed E-state index contributed by atoms with van der Waals surface area (Å²) in [5.74, 6) is -1.27. The third-order valence-electron chi connectivity index (χ3n) is 7.95. The summed E-state index contributed by atoms with van der Waals surface area (Å²) in [5, 5.41) is 5.91. The van der Waals surface area contributed by atoms with Crippen molar-refractivity contribution < 1.29 is 32.2 Å². The number of anilines is 2. The van der Waals surface area contributed by atoms with E-state index >= 15 is 0 Å². The van der Waals surface area contributed by atoms with Gasteiger partial charge in [0.2, 0.25) is 11.8 Å². The summed E-state index contributed by atoms with van der Waals surface area (Å²) in [6.07, 6.45) is -1.77. The lowest BCUT2D eigenvalue weighted by molar-refractivity contribution is -0.139. The highest BCUT2D eigenvalue weighted by atomic mass is 19.4. The standard InChI is InChI=1S/C31H35F3N6O4/c1-5-13-40-18(2)21-7-6-8-24(26(21)29(40)42)44-28-22(31(32,33)34)17-35-30(38-28)37-23-10-9-19(16-25(23)43-4)27(41)36-20-11-14-39(3)15-12-20/h6-10,16-18,20H,5,11-15H2,1-4H3,(H,36,41)(H,35,37,38)/t18-/m1/s1. The normalized spacial score (nSPS) is 17.4. The van der Waals surface area contributed by atoms with Gasteiger partial charge in [-0.2, -0.15) is 18.2 Å². The zero-order valence-corrected chi connectivity index (χ0v) is 25.0. The number of ether oxygens (including phenoxy) is 2. The molecule has 1 aromatic heterocycles. The predicted octanol–water partition coefficient (Wildman–Crippen LogP) is 5.79. The maximum Gasteiger partial charge on any atom is 0.423 e. The van der Waals surface area contributed by atoms with Crippen LogP contribution in [0, 0.1) is 0 Å². The van der Waals surface area contributed by atoms with Gasteiger partial charge in [-0.3, -0.25) is 9.59 Å². The number of fused-ring (bicyclic) bond motifs is 1. The maximum absolute atomic E-state index is 14.0. The second-order valence-corrected chi connectivity index (χ2v) is 11.0. The van der Waals surface area contributed by atoms with Crippen LogP contribution < -0.4 is 20.1 Å². The molecule has 0 aliphatic carbocycles. The van der Waals surface area contributed by atoms with Gasteiger partial charge in [-0.25, -0.2) is 4.98 Å². The molecule has 234 valence electrons. The predicted molar refractivity (Wildman–Crippen MR) is 158 cm³/mol. The first-order valence-corrected chi connectivity index (χ1v) is 14.5.